The maximum Gasteiger partial charge on any atom is 0.248 e. The third kappa shape index (κ3) is 4.11. The molecule has 0 radical (unpaired) electrons. The highest BCUT2D eigenvalue weighted by atomic mass is 79.9. The minimum absolute atomic E-state index is 0.330. The van der Waals surface area contributed by atoms with Crippen molar-refractivity contribution in [3.05, 3.63) is 34.4 Å². The van der Waals surface area contributed by atoms with Gasteiger partial charge in [0.05, 0.1) is 5.56 Å². The summed E-state index contributed by atoms with van der Waals surface area (Å²) >= 11 is 3.35. The predicted molar refractivity (Wildman–Crippen MR) is 78.9 cm³/mol. The van der Waals surface area contributed by atoms with E-state index in [0.717, 1.165) is 17.4 Å². The van der Waals surface area contributed by atoms with E-state index in [1.54, 1.807) is 6.07 Å². The molecule has 1 aromatic carbocycles. The van der Waals surface area contributed by atoms with Crippen molar-refractivity contribution in [3.63, 3.8) is 0 Å². The van der Waals surface area contributed by atoms with Crippen molar-refractivity contribution >= 4 is 15.9 Å². The summed E-state index contributed by atoms with van der Waals surface area (Å²) in [4.78, 5) is 0. The number of aryl methyl sites for hydroxylation is 1. The van der Waals surface area contributed by atoms with E-state index < -0.39 is 0 Å². The first kappa shape index (κ1) is 15.1. The van der Waals surface area contributed by atoms with Gasteiger partial charge in [-0.25, -0.2) is 4.39 Å². The van der Waals surface area contributed by atoms with Gasteiger partial charge >= 0.3 is 0 Å². The molecular formula is C14H17BrFN3O. The van der Waals surface area contributed by atoms with Crippen LogP contribution in [-0.2, 0) is 6.42 Å². The van der Waals surface area contributed by atoms with E-state index >= 15 is 0 Å². The molecule has 0 bridgehead atoms. The smallest absolute Gasteiger partial charge is 0.248 e. The van der Waals surface area contributed by atoms with Crippen molar-refractivity contribution in [1.29, 1.82) is 0 Å². The zero-order valence-electron chi connectivity index (χ0n) is 11.5. The molecule has 0 aliphatic heterocycles. The molecule has 20 heavy (non-hydrogen) atoms. The molecule has 0 atom stereocenters. The zero-order chi connectivity index (χ0) is 14.5. The maximum atomic E-state index is 13.2. The third-order valence-corrected chi connectivity index (χ3v) is 3.44. The van der Waals surface area contributed by atoms with Gasteiger partial charge in [0.1, 0.15) is 5.82 Å². The third-order valence-electron chi connectivity index (χ3n) is 2.75. The molecule has 0 fully saturated rings. The highest BCUT2D eigenvalue weighted by Crippen LogP contribution is 2.28. The highest BCUT2D eigenvalue weighted by molar-refractivity contribution is 9.10. The van der Waals surface area contributed by atoms with Crippen LogP contribution in [0.4, 0.5) is 4.39 Å². The second-order valence-corrected chi connectivity index (χ2v) is 5.69. The van der Waals surface area contributed by atoms with Crippen LogP contribution in [0.5, 0.6) is 0 Å². The quantitative estimate of drug-likeness (QED) is 0.816. The van der Waals surface area contributed by atoms with E-state index in [4.69, 9.17) is 4.42 Å². The fourth-order valence-corrected chi connectivity index (χ4v) is 2.17. The fourth-order valence-electron chi connectivity index (χ4n) is 1.76. The number of rotatable bonds is 6. The molecule has 0 unspecified atom stereocenters. The minimum atomic E-state index is -0.330. The lowest BCUT2D eigenvalue weighted by atomic mass is 10.2. The minimum Gasteiger partial charge on any atom is -0.421 e. The van der Waals surface area contributed by atoms with Crippen LogP contribution in [0.25, 0.3) is 11.5 Å². The topological polar surface area (TPSA) is 51.0 Å². The van der Waals surface area contributed by atoms with Gasteiger partial charge in [0.15, 0.2) is 0 Å². The van der Waals surface area contributed by atoms with Crippen LogP contribution in [0.15, 0.2) is 27.1 Å². The summed E-state index contributed by atoms with van der Waals surface area (Å²) in [5, 5.41) is 11.3. The van der Waals surface area contributed by atoms with Crippen LogP contribution < -0.4 is 5.32 Å². The summed E-state index contributed by atoms with van der Waals surface area (Å²) in [6.07, 6.45) is 1.63. The Kier molecular flexibility index (Phi) is 5.25. The Morgan fingerprint density at radius 2 is 2.15 bits per heavy atom. The molecule has 108 valence electrons. The van der Waals surface area contributed by atoms with Crippen molar-refractivity contribution < 1.29 is 8.81 Å². The molecule has 0 amide bonds. The number of hydrogen-bond acceptors (Lipinski definition) is 4. The predicted octanol–water partition coefficient (Wildman–Crippen LogP) is 3.57. The first-order valence-electron chi connectivity index (χ1n) is 6.57. The lowest BCUT2D eigenvalue weighted by Crippen LogP contribution is -2.23. The molecular weight excluding hydrogens is 325 g/mol. The van der Waals surface area contributed by atoms with Crippen LogP contribution >= 0.6 is 15.9 Å². The van der Waals surface area contributed by atoms with Crippen molar-refractivity contribution in [2.75, 3.05) is 6.54 Å². The SMILES string of the molecule is CC(C)NCCCc1nnc(-c2cc(F)ccc2Br)o1. The summed E-state index contributed by atoms with van der Waals surface area (Å²) in [5.74, 6) is 0.578. The van der Waals surface area contributed by atoms with Gasteiger partial charge in [-0.1, -0.05) is 13.8 Å². The van der Waals surface area contributed by atoms with Gasteiger partial charge in [-0.05, 0) is 47.1 Å². The Balaban J connectivity index is 2.00. The number of hydrogen-bond donors (Lipinski definition) is 1. The van der Waals surface area contributed by atoms with E-state index in [2.05, 4.69) is 45.3 Å². The van der Waals surface area contributed by atoms with Gasteiger partial charge < -0.3 is 9.73 Å². The summed E-state index contributed by atoms with van der Waals surface area (Å²) in [7, 11) is 0. The molecule has 0 aliphatic rings. The first-order chi connectivity index (χ1) is 9.56. The molecule has 1 aromatic heterocycles. The van der Waals surface area contributed by atoms with E-state index in [-0.39, 0.29) is 5.82 Å². The standard InChI is InChI=1S/C14H17BrFN3O/c1-9(2)17-7-3-4-13-18-19-14(20-13)11-8-10(16)5-6-12(11)15/h5-6,8-9,17H,3-4,7H2,1-2H3. The van der Waals surface area contributed by atoms with E-state index in [1.807, 2.05) is 0 Å². The molecule has 0 saturated carbocycles. The molecule has 1 N–H and O–H groups in total. The summed E-state index contributed by atoms with van der Waals surface area (Å²) < 4.78 is 19.5. The normalized spacial score (nSPS) is 11.2. The lowest BCUT2D eigenvalue weighted by Gasteiger charge is -2.05. The largest absolute Gasteiger partial charge is 0.421 e. The number of nitrogens with one attached hydrogen (secondary N) is 1. The molecule has 0 aliphatic carbocycles. The van der Waals surface area contributed by atoms with Crippen molar-refractivity contribution in [2.24, 2.45) is 0 Å². The number of benzene rings is 1. The van der Waals surface area contributed by atoms with E-state index in [0.29, 0.717) is 29.8 Å². The second-order valence-electron chi connectivity index (χ2n) is 4.84. The molecule has 6 heteroatoms. The van der Waals surface area contributed by atoms with Crippen LogP contribution in [0.2, 0.25) is 0 Å². The summed E-state index contributed by atoms with van der Waals surface area (Å²) in [5.41, 5.74) is 0.573. The number of aromatic nitrogens is 2. The van der Waals surface area contributed by atoms with Crippen LogP contribution in [0.3, 0.4) is 0 Å². The average molecular weight is 342 g/mol. The van der Waals surface area contributed by atoms with Crippen LogP contribution in [-0.4, -0.2) is 22.8 Å². The zero-order valence-corrected chi connectivity index (χ0v) is 13.1. The lowest BCUT2D eigenvalue weighted by molar-refractivity contribution is 0.483. The molecule has 4 nitrogen and oxygen atoms in total. The second kappa shape index (κ2) is 6.95. The molecule has 0 saturated heterocycles. The Morgan fingerprint density at radius 1 is 1.35 bits per heavy atom. The van der Waals surface area contributed by atoms with E-state index in [1.165, 1.54) is 12.1 Å². The number of nitrogens with zero attached hydrogens (tertiary/aromatic N) is 2. The van der Waals surface area contributed by atoms with Crippen molar-refractivity contribution in [2.45, 2.75) is 32.7 Å². The van der Waals surface area contributed by atoms with Crippen LogP contribution in [0.1, 0.15) is 26.2 Å². The molecule has 1 heterocycles. The first-order valence-corrected chi connectivity index (χ1v) is 7.36. The van der Waals surface area contributed by atoms with Gasteiger partial charge in [0, 0.05) is 16.9 Å². The Hall–Kier alpha value is -1.27. The Bertz CT molecular complexity index is 571. The average Bonchev–Trinajstić information content (AvgIpc) is 2.86. The highest BCUT2D eigenvalue weighted by Gasteiger charge is 2.12. The van der Waals surface area contributed by atoms with Gasteiger partial charge in [0.25, 0.3) is 0 Å². The van der Waals surface area contributed by atoms with Crippen molar-refractivity contribution in [3.8, 4) is 11.5 Å². The Morgan fingerprint density at radius 3 is 2.90 bits per heavy atom. The summed E-state index contributed by atoms with van der Waals surface area (Å²) in [6.45, 7) is 5.11. The molecule has 0 spiro atoms. The van der Waals surface area contributed by atoms with Gasteiger partial charge in [-0.15, -0.1) is 10.2 Å². The van der Waals surface area contributed by atoms with Gasteiger partial charge in [-0.3, -0.25) is 0 Å². The van der Waals surface area contributed by atoms with Gasteiger partial charge in [-0.2, -0.15) is 0 Å². The number of halogens is 2. The maximum absolute atomic E-state index is 13.2. The molecule has 2 aromatic rings. The van der Waals surface area contributed by atoms with E-state index in [9.17, 15) is 4.39 Å². The summed E-state index contributed by atoms with van der Waals surface area (Å²) in [6, 6.07) is 4.85. The van der Waals surface area contributed by atoms with Crippen molar-refractivity contribution in [1.82, 2.24) is 15.5 Å². The Labute approximate surface area is 125 Å². The molecule has 2 rings (SSSR count). The fraction of sp³-hybridized carbons (Fsp3) is 0.429. The monoisotopic (exact) mass is 341 g/mol. The van der Waals surface area contributed by atoms with Gasteiger partial charge in [0.2, 0.25) is 11.8 Å². The van der Waals surface area contributed by atoms with Crippen LogP contribution in [0, 0.1) is 5.82 Å².